The molecule has 2 N–H and O–H groups in total. The molecular weight excluding hydrogens is 487 g/mol. The molecule has 0 unspecified atom stereocenters. The topological polar surface area (TPSA) is 102 Å². The number of nitrogens with one attached hydrogen (secondary N) is 1. The second kappa shape index (κ2) is 25.9. The van der Waals surface area contributed by atoms with Gasteiger partial charge in [0.2, 0.25) is 5.91 Å². The van der Waals surface area contributed by atoms with Crippen molar-refractivity contribution in [1.29, 1.82) is 0 Å². The van der Waals surface area contributed by atoms with Gasteiger partial charge in [-0.05, 0) is 37.1 Å². The number of hydrogen-bond acceptors (Lipinski definition) is 4. The first-order valence-corrected chi connectivity index (χ1v) is 14.8. The summed E-state index contributed by atoms with van der Waals surface area (Å²) in [6.07, 6.45) is 19.8. The van der Waals surface area contributed by atoms with E-state index in [0.29, 0.717) is 19.4 Å². The maximum Gasteiger partial charge on any atom is 1.00 e. The fraction of sp³-hybridized carbons (Fsp3) is 0.710. The summed E-state index contributed by atoms with van der Waals surface area (Å²) < 4.78 is 0. The fourth-order valence-corrected chi connectivity index (χ4v) is 4.49. The summed E-state index contributed by atoms with van der Waals surface area (Å²) in [4.78, 5) is 27.6. The van der Waals surface area contributed by atoms with Crippen molar-refractivity contribution in [2.24, 2.45) is 4.99 Å². The van der Waals surface area contributed by atoms with E-state index in [-0.39, 0.29) is 41.4 Å². The van der Waals surface area contributed by atoms with Gasteiger partial charge in [-0.1, -0.05) is 127 Å². The zero-order chi connectivity index (χ0) is 27.0. The van der Waals surface area contributed by atoms with Crippen molar-refractivity contribution >= 4 is 17.8 Å². The minimum absolute atomic E-state index is 0. The zero-order valence-corrected chi connectivity index (χ0v) is 26.2. The third kappa shape index (κ3) is 20.6. The van der Waals surface area contributed by atoms with Gasteiger partial charge in [-0.2, -0.15) is 0 Å². The van der Waals surface area contributed by atoms with E-state index < -0.39 is 12.0 Å². The summed E-state index contributed by atoms with van der Waals surface area (Å²) in [5.74, 6) is -1.06. The van der Waals surface area contributed by atoms with Crippen LogP contribution in [-0.4, -0.2) is 29.4 Å². The normalized spacial score (nSPS) is 12.1. The SMILES string of the molecule is CCCCCCC([O-])=N[C@@H](C(=O)NCCCCCCCCCCCCCCCC(=O)O)c1ccccc1.[Na+]. The van der Waals surface area contributed by atoms with Crippen LogP contribution in [0.25, 0.3) is 0 Å². The number of aliphatic carboxylic acids is 1. The first-order valence-electron chi connectivity index (χ1n) is 14.8. The van der Waals surface area contributed by atoms with E-state index in [2.05, 4.69) is 17.2 Å². The van der Waals surface area contributed by atoms with Gasteiger partial charge >= 0.3 is 35.5 Å². The van der Waals surface area contributed by atoms with Crippen LogP contribution in [0.4, 0.5) is 0 Å². The van der Waals surface area contributed by atoms with E-state index in [9.17, 15) is 14.7 Å². The maximum atomic E-state index is 12.8. The Morgan fingerprint density at radius 3 is 1.76 bits per heavy atom. The average Bonchev–Trinajstić information content (AvgIpc) is 2.89. The van der Waals surface area contributed by atoms with E-state index in [1.165, 1.54) is 51.4 Å². The van der Waals surface area contributed by atoms with Gasteiger partial charge in [-0.15, -0.1) is 0 Å². The van der Waals surface area contributed by atoms with Gasteiger partial charge in [-0.3, -0.25) is 14.6 Å². The summed E-state index contributed by atoms with van der Waals surface area (Å²) in [5, 5.41) is 24.0. The molecule has 38 heavy (non-hydrogen) atoms. The Labute approximate surface area is 253 Å². The van der Waals surface area contributed by atoms with Crippen molar-refractivity contribution in [3.63, 3.8) is 0 Å². The molecule has 0 aliphatic heterocycles. The summed E-state index contributed by atoms with van der Waals surface area (Å²) in [6, 6.07) is 8.62. The van der Waals surface area contributed by atoms with Gasteiger partial charge in [0, 0.05) is 13.0 Å². The molecule has 0 aliphatic rings. The molecule has 6 nitrogen and oxygen atoms in total. The summed E-state index contributed by atoms with van der Waals surface area (Å²) >= 11 is 0. The van der Waals surface area contributed by atoms with E-state index in [4.69, 9.17) is 5.11 Å². The van der Waals surface area contributed by atoms with Crippen LogP contribution in [0.3, 0.4) is 0 Å². The molecule has 0 heterocycles. The number of nitrogens with zero attached hydrogens (tertiary/aromatic N) is 1. The Bertz CT molecular complexity index is 743. The number of carboxylic acid groups (broad SMARTS) is 1. The Balaban J connectivity index is 0.0000137. The first kappa shape index (κ1) is 36.6. The number of rotatable bonds is 24. The average molecular weight is 539 g/mol. The Kier molecular flexibility index (Phi) is 25.0. The number of carbonyl (C=O) groups is 2. The summed E-state index contributed by atoms with van der Waals surface area (Å²) in [7, 11) is 0. The molecule has 1 amide bonds. The minimum Gasteiger partial charge on any atom is -0.862 e. The van der Waals surface area contributed by atoms with Gasteiger partial charge in [0.05, 0.1) is 0 Å². The van der Waals surface area contributed by atoms with Crippen LogP contribution in [0.5, 0.6) is 0 Å². The standard InChI is InChI=1S/C31H52N2O4.Na/c1-2-3-4-19-24-28(34)33-30(27-22-17-16-18-23-27)31(37)32-26-21-15-13-11-9-7-5-6-8-10-12-14-20-25-29(35)36;/h16-18,22-23,30H,2-15,19-21,24-26H2,1H3,(H,32,37)(H,33,34)(H,35,36);/q;+1/p-1/t30-;/m1./s1. The molecule has 0 aliphatic carbocycles. The zero-order valence-electron chi connectivity index (χ0n) is 24.2. The second-order valence-corrected chi connectivity index (χ2v) is 10.2. The molecule has 1 rings (SSSR count). The predicted molar refractivity (Wildman–Crippen MR) is 151 cm³/mol. The molecular formula is C31H51N2NaO4. The Morgan fingerprint density at radius 2 is 1.24 bits per heavy atom. The van der Waals surface area contributed by atoms with E-state index >= 15 is 0 Å². The van der Waals surface area contributed by atoms with Crippen molar-refractivity contribution in [3.8, 4) is 0 Å². The number of unbranched alkanes of at least 4 members (excludes halogenated alkanes) is 15. The van der Waals surface area contributed by atoms with Gasteiger partial charge in [-0.25, -0.2) is 0 Å². The van der Waals surface area contributed by atoms with E-state index in [0.717, 1.165) is 63.4 Å². The largest absolute Gasteiger partial charge is 1.00 e. The second-order valence-electron chi connectivity index (χ2n) is 10.2. The third-order valence-electron chi connectivity index (χ3n) is 6.75. The van der Waals surface area contributed by atoms with Crippen LogP contribution in [0.1, 0.15) is 141 Å². The van der Waals surface area contributed by atoms with Crippen LogP contribution in [0.2, 0.25) is 0 Å². The number of benzene rings is 1. The molecule has 1 aromatic rings. The van der Waals surface area contributed by atoms with E-state index in [1.807, 2.05) is 30.3 Å². The number of aliphatic imine (C=N–C) groups is 1. The molecule has 0 saturated heterocycles. The molecule has 0 bridgehead atoms. The fourth-order valence-electron chi connectivity index (χ4n) is 4.49. The van der Waals surface area contributed by atoms with E-state index in [1.54, 1.807) is 0 Å². The monoisotopic (exact) mass is 538 g/mol. The maximum absolute atomic E-state index is 12.8. The molecule has 0 saturated carbocycles. The summed E-state index contributed by atoms with van der Waals surface area (Å²) in [6.45, 7) is 2.76. The van der Waals surface area contributed by atoms with Gasteiger partial charge in [0.1, 0.15) is 0 Å². The van der Waals surface area contributed by atoms with Crippen molar-refractivity contribution in [2.75, 3.05) is 6.54 Å². The molecule has 0 radical (unpaired) electrons. The number of hydrogen-bond donors (Lipinski definition) is 2. The smallest absolute Gasteiger partial charge is 0.862 e. The third-order valence-corrected chi connectivity index (χ3v) is 6.75. The number of amides is 1. The molecule has 0 fully saturated rings. The minimum atomic E-state index is -0.760. The molecule has 1 aromatic carbocycles. The Hall–Kier alpha value is -1.37. The van der Waals surface area contributed by atoms with Crippen molar-refractivity contribution in [3.05, 3.63) is 35.9 Å². The van der Waals surface area contributed by atoms with Gasteiger partial charge < -0.3 is 15.5 Å². The molecule has 7 heteroatoms. The Morgan fingerprint density at radius 1 is 0.763 bits per heavy atom. The molecule has 0 spiro atoms. The van der Waals surface area contributed by atoms with Crippen LogP contribution < -0.4 is 40.0 Å². The van der Waals surface area contributed by atoms with Gasteiger partial charge in [0.15, 0.2) is 6.04 Å². The van der Waals surface area contributed by atoms with Crippen LogP contribution >= 0.6 is 0 Å². The number of carboxylic acids is 1. The summed E-state index contributed by atoms with van der Waals surface area (Å²) in [5.41, 5.74) is 0.764. The van der Waals surface area contributed by atoms with Crippen molar-refractivity contribution in [1.82, 2.24) is 5.32 Å². The van der Waals surface area contributed by atoms with Gasteiger partial charge in [0.25, 0.3) is 0 Å². The molecule has 210 valence electrons. The van der Waals surface area contributed by atoms with Crippen molar-refractivity contribution in [2.45, 2.75) is 135 Å². The quantitative estimate of drug-likeness (QED) is 0.0895. The number of carbonyl (C=O) groups excluding carboxylic acids is 1. The van der Waals surface area contributed by atoms with Crippen LogP contribution in [-0.2, 0) is 9.59 Å². The molecule has 1 atom stereocenters. The van der Waals surface area contributed by atoms with Crippen LogP contribution in [0.15, 0.2) is 35.3 Å². The first-order chi connectivity index (χ1) is 18.0. The van der Waals surface area contributed by atoms with Crippen LogP contribution in [0, 0.1) is 0 Å². The molecule has 0 aromatic heterocycles. The van der Waals surface area contributed by atoms with Crippen molar-refractivity contribution < 1.29 is 49.4 Å². The predicted octanol–water partition coefficient (Wildman–Crippen LogP) is 4.12.